The zero-order valence-corrected chi connectivity index (χ0v) is 10.3. The fourth-order valence-electron chi connectivity index (χ4n) is 2.78. The molecule has 0 bridgehead atoms. The number of benzene rings is 2. The Bertz CT molecular complexity index is 787. The molecule has 3 nitrogen and oxygen atoms in total. The molecule has 0 atom stereocenters. The minimum atomic E-state index is 0.220. The molecule has 0 radical (unpaired) electrons. The molecule has 4 rings (SSSR count). The Morgan fingerprint density at radius 3 is 2.68 bits per heavy atom. The quantitative estimate of drug-likeness (QED) is 0.662. The lowest BCUT2D eigenvalue weighted by Gasteiger charge is -2.15. The van der Waals surface area contributed by atoms with Gasteiger partial charge in [-0.2, -0.15) is 0 Å². The number of rotatable bonds is 1. The Hall–Kier alpha value is -2.42. The van der Waals surface area contributed by atoms with Gasteiger partial charge in [0, 0.05) is 24.1 Å². The Kier molecular flexibility index (Phi) is 2.09. The molecule has 1 aliphatic rings. The van der Waals surface area contributed by atoms with E-state index in [9.17, 15) is 4.79 Å². The van der Waals surface area contributed by atoms with Crippen LogP contribution < -0.4 is 0 Å². The van der Waals surface area contributed by atoms with Crippen LogP contribution in [0.15, 0.2) is 48.5 Å². The molecule has 0 amide bonds. The predicted molar refractivity (Wildman–Crippen MR) is 74.1 cm³/mol. The number of aryl methyl sites for hydroxylation is 1. The molecule has 0 unspecified atom stereocenters. The van der Waals surface area contributed by atoms with Gasteiger partial charge in [-0.1, -0.05) is 36.4 Å². The molecule has 92 valence electrons. The Morgan fingerprint density at radius 1 is 1.00 bits per heavy atom. The van der Waals surface area contributed by atoms with Crippen molar-refractivity contribution in [2.75, 3.05) is 0 Å². The smallest absolute Gasteiger partial charge is 0.166 e. The van der Waals surface area contributed by atoms with Gasteiger partial charge in [0.05, 0.1) is 11.0 Å². The normalized spacial score (nSPS) is 14.0. The van der Waals surface area contributed by atoms with Crippen molar-refractivity contribution in [3.8, 4) is 11.4 Å². The van der Waals surface area contributed by atoms with Crippen molar-refractivity contribution in [2.45, 2.75) is 13.0 Å². The SMILES string of the molecule is O=C1CCn2c(-c3ccccc3)nc3cccc1c32. The van der Waals surface area contributed by atoms with Crippen LogP contribution in [0.3, 0.4) is 0 Å². The zero-order chi connectivity index (χ0) is 12.8. The molecule has 0 aliphatic carbocycles. The van der Waals surface area contributed by atoms with Crippen LogP contribution in [0.2, 0.25) is 0 Å². The highest BCUT2D eigenvalue weighted by molar-refractivity contribution is 6.08. The third-order valence-corrected chi connectivity index (χ3v) is 3.66. The third kappa shape index (κ3) is 1.45. The number of aromatic nitrogens is 2. The molecular weight excluding hydrogens is 236 g/mol. The van der Waals surface area contributed by atoms with Crippen LogP contribution in [0.4, 0.5) is 0 Å². The van der Waals surface area contributed by atoms with Crippen LogP contribution in [0.5, 0.6) is 0 Å². The van der Waals surface area contributed by atoms with Gasteiger partial charge in [0.25, 0.3) is 0 Å². The van der Waals surface area contributed by atoms with Crippen LogP contribution in [0, 0.1) is 0 Å². The lowest BCUT2D eigenvalue weighted by atomic mass is 10.0. The van der Waals surface area contributed by atoms with Crippen LogP contribution >= 0.6 is 0 Å². The fourth-order valence-corrected chi connectivity index (χ4v) is 2.78. The van der Waals surface area contributed by atoms with E-state index < -0.39 is 0 Å². The van der Waals surface area contributed by atoms with Gasteiger partial charge >= 0.3 is 0 Å². The number of hydrogen-bond donors (Lipinski definition) is 0. The summed E-state index contributed by atoms with van der Waals surface area (Å²) in [5, 5.41) is 0. The van der Waals surface area contributed by atoms with Crippen LogP contribution in [0.1, 0.15) is 16.8 Å². The van der Waals surface area contributed by atoms with Gasteiger partial charge in [0.1, 0.15) is 5.82 Å². The molecule has 0 saturated heterocycles. The summed E-state index contributed by atoms with van der Waals surface area (Å²) in [5.74, 6) is 1.17. The summed E-state index contributed by atoms with van der Waals surface area (Å²) < 4.78 is 2.17. The average molecular weight is 248 g/mol. The molecule has 0 saturated carbocycles. The predicted octanol–water partition coefficient (Wildman–Crippen LogP) is 3.29. The molecule has 2 heterocycles. The van der Waals surface area contributed by atoms with E-state index in [4.69, 9.17) is 4.98 Å². The topological polar surface area (TPSA) is 34.9 Å². The molecule has 3 heteroatoms. The van der Waals surface area contributed by atoms with Crippen LogP contribution in [-0.2, 0) is 6.54 Å². The number of para-hydroxylation sites is 1. The summed E-state index contributed by atoms with van der Waals surface area (Å²) in [5.41, 5.74) is 3.79. The van der Waals surface area contributed by atoms with Crippen molar-refractivity contribution in [1.29, 1.82) is 0 Å². The van der Waals surface area contributed by atoms with Gasteiger partial charge < -0.3 is 4.57 Å². The van der Waals surface area contributed by atoms with Crippen molar-refractivity contribution < 1.29 is 4.79 Å². The summed E-state index contributed by atoms with van der Waals surface area (Å²) in [6, 6.07) is 15.9. The number of imidazole rings is 1. The van der Waals surface area contributed by atoms with Gasteiger partial charge in [-0.3, -0.25) is 4.79 Å². The maximum Gasteiger partial charge on any atom is 0.166 e. The molecule has 0 fully saturated rings. The van der Waals surface area contributed by atoms with Gasteiger partial charge in [0.15, 0.2) is 5.78 Å². The van der Waals surface area contributed by atoms with Crippen molar-refractivity contribution in [3.63, 3.8) is 0 Å². The summed E-state index contributed by atoms with van der Waals surface area (Å²) in [6.07, 6.45) is 0.558. The van der Waals surface area contributed by atoms with Gasteiger partial charge in [-0.25, -0.2) is 4.98 Å². The monoisotopic (exact) mass is 248 g/mol. The van der Waals surface area contributed by atoms with Crippen LogP contribution in [-0.4, -0.2) is 15.3 Å². The van der Waals surface area contributed by atoms with Crippen molar-refractivity contribution >= 4 is 16.8 Å². The van der Waals surface area contributed by atoms with E-state index in [1.807, 2.05) is 36.4 Å². The minimum Gasteiger partial charge on any atom is -0.323 e. The molecule has 0 N–H and O–H groups in total. The third-order valence-electron chi connectivity index (χ3n) is 3.66. The zero-order valence-electron chi connectivity index (χ0n) is 10.3. The molecule has 0 spiro atoms. The number of hydrogen-bond acceptors (Lipinski definition) is 2. The molecule has 19 heavy (non-hydrogen) atoms. The number of carbonyl (C=O) groups excluding carboxylic acids is 1. The lowest BCUT2D eigenvalue weighted by molar-refractivity contribution is 0.0973. The number of carbonyl (C=O) groups is 1. The van der Waals surface area contributed by atoms with E-state index in [1.54, 1.807) is 0 Å². The second-order valence-corrected chi connectivity index (χ2v) is 4.80. The molecule has 2 aromatic carbocycles. The summed E-state index contributed by atoms with van der Waals surface area (Å²) in [4.78, 5) is 16.7. The van der Waals surface area contributed by atoms with E-state index in [-0.39, 0.29) is 5.78 Å². The molecule has 3 aromatic rings. The first-order chi connectivity index (χ1) is 9.34. The molecular formula is C16H12N2O. The summed E-state index contributed by atoms with van der Waals surface area (Å²) >= 11 is 0. The van der Waals surface area contributed by atoms with E-state index >= 15 is 0 Å². The first-order valence-corrected chi connectivity index (χ1v) is 6.42. The highest BCUT2D eigenvalue weighted by atomic mass is 16.1. The van der Waals surface area contributed by atoms with Crippen LogP contribution in [0.25, 0.3) is 22.4 Å². The Balaban J connectivity index is 2.08. The number of Topliss-reactive ketones (excluding diaryl/α,β-unsaturated/α-hetero) is 1. The van der Waals surface area contributed by atoms with Crippen molar-refractivity contribution in [2.24, 2.45) is 0 Å². The second-order valence-electron chi connectivity index (χ2n) is 4.80. The van der Waals surface area contributed by atoms with E-state index in [2.05, 4.69) is 16.7 Å². The Labute approximate surface area is 110 Å². The summed E-state index contributed by atoms with van der Waals surface area (Å²) in [6.45, 7) is 0.719. The maximum absolute atomic E-state index is 12.0. The highest BCUT2D eigenvalue weighted by Crippen LogP contribution is 2.30. The minimum absolute atomic E-state index is 0.220. The Morgan fingerprint density at radius 2 is 1.84 bits per heavy atom. The van der Waals surface area contributed by atoms with Crippen molar-refractivity contribution in [3.05, 3.63) is 54.1 Å². The van der Waals surface area contributed by atoms with Gasteiger partial charge in [-0.05, 0) is 12.1 Å². The van der Waals surface area contributed by atoms with E-state index in [0.717, 1.165) is 34.5 Å². The first kappa shape index (κ1) is 10.5. The lowest BCUT2D eigenvalue weighted by Crippen LogP contribution is -2.14. The standard InChI is InChI=1S/C16H12N2O/c19-14-9-10-18-15-12(14)7-4-8-13(15)17-16(18)11-5-2-1-3-6-11/h1-8H,9-10H2. The number of ketones is 1. The van der Waals surface area contributed by atoms with Crippen molar-refractivity contribution in [1.82, 2.24) is 9.55 Å². The molecule has 1 aliphatic heterocycles. The van der Waals surface area contributed by atoms with Gasteiger partial charge in [-0.15, -0.1) is 0 Å². The fraction of sp³-hybridized carbons (Fsp3) is 0.125. The molecule has 1 aromatic heterocycles. The first-order valence-electron chi connectivity index (χ1n) is 6.42. The maximum atomic E-state index is 12.0. The van der Waals surface area contributed by atoms with E-state index in [0.29, 0.717) is 6.42 Å². The summed E-state index contributed by atoms with van der Waals surface area (Å²) in [7, 11) is 0. The number of nitrogens with zero attached hydrogens (tertiary/aromatic N) is 2. The largest absolute Gasteiger partial charge is 0.323 e. The van der Waals surface area contributed by atoms with Gasteiger partial charge in [0.2, 0.25) is 0 Å². The average Bonchev–Trinajstić information content (AvgIpc) is 2.84. The van der Waals surface area contributed by atoms with E-state index in [1.165, 1.54) is 0 Å². The second kappa shape index (κ2) is 3.79. The highest BCUT2D eigenvalue weighted by Gasteiger charge is 2.23.